The Hall–Kier alpha value is -0.530. The number of hydrogen-bond donors (Lipinski definition) is 0. The molecule has 2 heterocycles. The van der Waals surface area contributed by atoms with Gasteiger partial charge in [0.05, 0.1) is 10.2 Å². The van der Waals surface area contributed by atoms with Crippen LogP contribution < -0.4 is 4.90 Å². The normalized spacial score (nSPS) is 20.1. The number of halogens is 3. The first-order valence-corrected chi connectivity index (χ1v) is 7.77. The summed E-state index contributed by atoms with van der Waals surface area (Å²) in [7, 11) is 0. The molecule has 1 saturated heterocycles. The molecule has 94 valence electrons. The van der Waals surface area contributed by atoms with Crippen molar-refractivity contribution in [2.24, 2.45) is 0 Å². The Labute approximate surface area is 123 Å². The summed E-state index contributed by atoms with van der Waals surface area (Å²) in [5, 5.41) is 0.628. The maximum atomic E-state index is 13.3. The van der Waals surface area contributed by atoms with Crippen molar-refractivity contribution in [3.63, 3.8) is 0 Å². The standard InChI is InChI=1S/C11H7Br2FN2OS/c12-5-1-9(17)16(4-5)11-15-10-7(13)2-6(14)3-8(10)18-11/h2-3,5H,1,4H2. The van der Waals surface area contributed by atoms with Crippen LogP contribution in [0.1, 0.15) is 6.42 Å². The lowest BCUT2D eigenvalue weighted by Crippen LogP contribution is -2.24. The van der Waals surface area contributed by atoms with Gasteiger partial charge in [0, 0.05) is 22.3 Å². The van der Waals surface area contributed by atoms with Crippen LogP contribution in [0.15, 0.2) is 16.6 Å². The molecular formula is C11H7Br2FN2OS. The topological polar surface area (TPSA) is 33.2 Å². The molecule has 18 heavy (non-hydrogen) atoms. The van der Waals surface area contributed by atoms with E-state index >= 15 is 0 Å². The van der Waals surface area contributed by atoms with Gasteiger partial charge in [-0.1, -0.05) is 27.3 Å². The highest BCUT2D eigenvalue weighted by molar-refractivity contribution is 9.10. The van der Waals surface area contributed by atoms with E-state index in [2.05, 4.69) is 36.8 Å². The van der Waals surface area contributed by atoms with Gasteiger partial charge < -0.3 is 0 Å². The van der Waals surface area contributed by atoms with Crippen LogP contribution in [0.25, 0.3) is 10.2 Å². The average molecular weight is 394 g/mol. The van der Waals surface area contributed by atoms with Gasteiger partial charge in [0.1, 0.15) is 5.82 Å². The van der Waals surface area contributed by atoms with Crippen molar-refractivity contribution in [2.75, 3.05) is 11.4 Å². The van der Waals surface area contributed by atoms with Crippen molar-refractivity contribution in [3.05, 3.63) is 22.4 Å². The smallest absolute Gasteiger partial charge is 0.230 e. The third-order valence-corrected chi connectivity index (χ3v) is 4.95. The van der Waals surface area contributed by atoms with E-state index in [-0.39, 0.29) is 16.6 Å². The van der Waals surface area contributed by atoms with E-state index < -0.39 is 0 Å². The van der Waals surface area contributed by atoms with Gasteiger partial charge in [-0.2, -0.15) is 0 Å². The van der Waals surface area contributed by atoms with E-state index in [4.69, 9.17) is 0 Å². The monoisotopic (exact) mass is 392 g/mol. The molecule has 1 atom stereocenters. The van der Waals surface area contributed by atoms with E-state index in [1.54, 1.807) is 4.90 Å². The molecule has 1 aliphatic heterocycles. The van der Waals surface area contributed by atoms with Gasteiger partial charge in [0.25, 0.3) is 0 Å². The highest BCUT2D eigenvalue weighted by Crippen LogP contribution is 2.36. The van der Waals surface area contributed by atoms with Crippen molar-refractivity contribution < 1.29 is 9.18 Å². The van der Waals surface area contributed by atoms with Crippen molar-refractivity contribution in [2.45, 2.75) is 11.2 Å². The van der Waals surface area contributed by atoms with Gasteiger partial charge in [0.15, 0.2) is 5.13 Å². The average Bonchev–Trinajstić information content (AvgIpc) is 2.81. The first-order valence-electron chi connectivity index (χ1n) is 5.24. The van der Waals surface area contributed by atoms with Gasteiger partial charge in [0.2, 0.25) is 5.91 Å². The van der Waals surface area contributed by atoms with Crippen LogP contribution >= 0.6 is 43.2 Å². The maximum absolute atomic E-state index is 13.3. The Bertz CT molecular complexity index is 645. The fourth-order valence-corrected chi connectivity index (χ4v) is 4.17. The number of anilines is 1. The largest absolute Gasteiger partial charge is 0.287 e. The number of carbonyl (C=O) groups is 1. The molecule has 2 aromatic rings. The van der Waals surface area contributed by atoms with Crippen molar-refractivity contribution >= 4 is 64.5 Å². The Kier molecular flexibility index (Phi) is 3.15. The number of fused-ring (bicyclic) bond motifs is 1. The first-order chi connectivity index (χ1) is 8.54. The van der Waals surface area contributed by atoms with Crippen LogP contribution in [0.2, 0.25) is 0 Å². The fraction of sp³-hybridized carbons (Fsp3) is 0.273. The number of aromatic nitrogens is 1. The molecule has 3 nitrogen and oxygen atoms in total. The number of amides is 1. The molecular weight excluding hydrogens is 387 g/mol. The van der Waals surface area contributed by atoms with Crippen LogP contribution in [0.5, 0.6) is 0 Å². The number of thiazole rings is 1. The summed E-state index contributed by atoms with van der Waals surface area (Å²) in [6.07, 6.45) is 0.478. The summed E-state index contributed by atoms with van der Waals surface area (Å²) in [5.41, 5.74) is 0.697. The van der Waals surface area contributed by atoms with Gasteiger partial charge >= 0.3 is 0 Å². The number of alkyl halides is 1. The minimum Gasteiger partial charge on any atom is -0.287 e. The second kappa shape index (κ2) is 4.54. The number of hydrogen-bond acceptors (Lipinski definition) is 3. The second-order valence-electron chi connectivity index (χ2n) is 4.04. The molecule has 1 aromatic heterocycles. The highest BCUT2D eigenvalue weighted by Gasteiger charge is 2.31. The molecule has 1 unspecified atom stereocenters. The summed E-state index contributed by atoms with van der Waals surface area (Å²) < 4.78 is 14.6. The Morgan fingerprint density at radius 1 is 1.50 bits per heavy atom. The molecule has 0 N–H and O–H groups in total. The van der Waals surface area contributed by atoms with Crippen molar-refractivity contribution in [3.8, 4) is 0 Å². The second-order valence-corrected chi connectivity index (χ2v) is 7.19. The zero-order valence-electron chi connectivity index (χ0n) is 8.99. The lowest BCUT2D eigenvalue weighted by Gasteiger charge is -2.10. The van der Waals surface area contributed by atoms with Gasteiger partial charge in [-0.15, -0.1) is 0 Å². The molecule has 0 spiro atoms. The SMILES string of the molecule is O=C1CC(Br)CN1c1nc2c(Br)cc(F)cc2s1. The van der Waals surface area contributed by atoms with E-state index in [1.165, 1.54) is 23.5 Å². The summed E-state index contributed by atoms with van der Waals surface area (Å²) in [4.78, 5) is 18.0. The Morgan fingerprint density at radius 3 is 2.94 bits per heavy atom. The highest BCUT2D eigenvalue weighted by atomic mass is 79.9. The summed E-state index contributed by atoms with van der Waals surface area (Å²) in [6.45, 7) is 0.610. The van der Waals surface area contributed by atoms with Gasteiger partial charge in [-0.05, 0) is 28.1 Å². The number of rotatable bonds is 1. The zero-order chi connectivity index (χ0) is 12.9. The van der Waals surface area contributed by atoms with E-state index in [9.17, 15) is 9.18 Å². The molecule has 1 amide bonds. The van der Waals surface area contributed by atoms with E-state index in [0.717, 1.165) is 4.70 Å². The zero-order valence-corrected chi connectivity index (χ0v) is 13.0. The number of benzene rings is 1. The van der Waals surface area contributed by atoms with Crippen LogP contribution in [0, 0.1) is 5.82 Å². The predicted octanol–water partition coefficient (Wildman–Crippen LogP) is 3.70. The summed E-state index contributed by atoms with van der Waals surface area (Å²) in [6, 6.07) is 2.82. The summed E-state index contributed by atoms with van der Waals surface area (Å²) >= 11 is 8.05. The minimum absolute atomic E-state index is 0.0486. The molecule has 0 saturated carbocycles. The molecule has 1 aromatic carbocycles. The fourth-order valence-electron chi connectivity index (χ4n) is 1.91. The Morgan fingerprint density at radius 2 is 2.28 bits per heavy atom. The molecule has 3 rings (SSSR count). The van der Waals surface area contributed by atoms with E-state index in [0.29, 0.717) is 28.1 Å². The number of carbonyl (C=O) groups excluding carboxylic acids is 1. The predicted molar refractivity (Wildman–Crippen MR) is 77.0 cm³/mol. The lowest BCUT2D eigenvalue weighted by molar-refractivity contribution is -0.117. The third kappa shape index (κ3) is 2.08. The van der Waals surface area contributed by atoms with Crippen LogP contribution in [0.4, 0.5) is 9.52 Å². The summed E-state index contributed by atoms with van der Waals surface area (Å²) in [5.74, 6) is -0.261. The van der Waals surface area contributed by atoms with Gasteiger partial charge in [-0.3, -0.25) is 9.69 Å². The Balaban J connectivity index is 2.09. The number of nitrogens with zero attached hydrogens (tertiary/aromatic N) is 2. The van der Waals surface area contributed by atoms with E-state index in [1.807, 2.05) is 0 Å². The molecule has 7 heteroatoms. The maximum Gasteiger partial charge on any atom is 0.230 e. The lowest BCUT2D eigenvalue weighted by atomic mass is 10.3. The van der Waals surface area contributed by atoms with Gasteiger partial charge in [-0.25, -0.2) is 9.37 Å². The molecule has 0 radical (unpaired) electrons. The van der Waals surface area contributed by atoms with Crippen LogP contribution in [0.3, 0.4) is 0 Å². The molecule has 1 fully saturated rings. The molecule has 1 aliphatic rings. The quantitative estimate of drug-likeness (QED) is 0.692. The van der Waals surface area contributed by atoms with Crippen molar-refractivity contribution in [1.82, 2.24) is 4.98 Å². The third-order valence-electron chi connectivity index (χ3n) is 2.71. The van der Waals surface area contributed by atoms with Crippen LogP contribution in [-0.4, -0.2) is 22.3 Å². The van der Waals surface area contributed by atoms with Crippen molar-refractivity contribution in [1.29, 1.82) is 0 Å². The van der Waals surface area contributed by atoms with Crippen LogP contribution in [-0.2, 0) is 4.79 Å². The minimum atomic E-state index is -0.310. The molecule has 0 aliphatic carbocycles. The first kappa shape index (κ1) is 12.5. The molecule has 0 bridgehead atoms.